The lowest BCUT2D eigenvalue weighted by Gasteiger charge is -2.41. The maximum atomic E-state index is 10.9. The Morgan fingerprint density at radius 1 is 1.44 bits per heavy atom. The number of hydrogen-bond acceptors (Lipinski definition) is 3. The summed E-state index contributed by atoms with van der Waals surface area (Å²) in [5.41, 5.74) is -0.614. The highest BCUT2D eigenvalue weighted by atomic mass is 16.3. The molecule has 1 aliphatic carbocycles. The van der Waals surface area contributed by atoms with Crippen molar-refractivity contribution in [1.82, 2.24) is 14.8 Å². The molecular weight excluding hydrogens is 226 g/mol. The van der Waals surface area contributed by atoms with Gasteiger partial charge in [-0.15, -0.1) is 0 Å². The summed E-state index contributed by atoms with van der Waals surface area (Å²) in [6, 6.07) is 0.294. The summed E-state index contributed by atoms with van der Waals surface area (Å²) in [5.74, 6) is 1.85. The van der Waals surface area contributed by atoms with Gasteiger partial charge in [-0.05, 0) is 38.5 Å². The van der Waals surface area contributed by atoms with Crippen molar-refractivity contribution in [1.29, 1.82) is 0 Å². The quantitative estimate of drug-likeness (QED) is 0.898. The Morgan fingerprint density at radius 3 is 2.83 bits per heavy atom. The van der Waals surface area contributed by atoms with E-state index in [9.17, 15) is 5.11 Å². The molecule has 1 aromatic heterocycles. The summed E-state index contributed by atoms with van der Waals surface area (Å²) in [4.78, 5) is 4.33. The Morgan fingerprint density at radius 2 is 2.17 bits per heavy atom. The van der Waals surface area contributed by atoms with Gasteiger partial charge in [-0.25, -0.2) is 9.67 Å². The highest BCUT2D eigenvalue weighted by Crippen LogP contribution is 2.38. The summed E-state index contributed by atoms with van der Waals surface area (Å²) in [5, 5.41) is 15.2. The number of aliphatic hydroxyl groups is 1. The summed E-state index contributed by atoms with van der Waals surface area (Å²) in [7, 11) is 0. The Bertz CT molecular complexity index is 401. The maximum absolute atomic E-state index is 10.9. The highest BCUT2D eigenvalue weighted by molar-refractivity contribution is 5.00. The van der Waals surface area contributed by atoms with Gasteiger partial charge < -0.3 is 5.11 Å². The van der Waals surface area contributed by atoms with Crippen LogP contribution in [0.2, 0.25) is 0 Å². The second-order valence-corrected chi connectivity index (χ2v) is 6.28. The third kappa shape index (κ3) is 2.58. The van der Waals surface area contributed by atoms with Crippen LogP contribution in [0, 0.1) is 11.8 Å². The lowest BCUT2D eigenvalue weighted by atomic mass is 9.70. The van der Waals surface area contributed by atoms with Gasteiger partial charge in [-0.2, -0.15) is 5.10 Å². The molecule has 0 aromatic carbocycles. The van der Waals surface area contributed by atoms with Crippen LogP contribution in [-0.2, 0) is 6.42 Å². The zero-order valence-corrected chi connectivity index (χ0v) is 11.9. The molecule has 0 saturated heterocycles. The molecule has 1 fully saturated rings. The van der Waals surface area contributed by atoms with Gasteiger partial charge in [-0.3, -0.25) is 0 Å². The van der Waals surface area contributed by atoms with Crippen LogP contribution in [0.3, 0.4) is 0 Å². The van der Waals surface area contributed by atoms with E-state index in [4.69, 9.17) is 0 Å². The molecule has 4 nitrogen and oxygen atoms in total. The first-order valence-electron chi connectivity index (χ1n) is 7.03. The molecule has 18 heavy (non-hydrogen) atoms. The van der Waals surface area contributed by atoms with Crippen LogP contribution in [0.1, 0.15) is 58.8 Å². The van der Waals surface area contributed by atoms with Crippen LogP contribution in [0.15, 0.2) is 6.33 Å². The van der Waals surface area contributed by atoms with Gasteiger partial charge in [0.2, 0.25) is 0 Å². The van der Waals surface area contributed by atoms with E-state index in [2.05, 4.69) is 37.8 Å². The third-order valence-corrected chi connectivity index (χ3v) is 4.31. The summed E-state index contributed by atoms with van der Waals surface area (Å²) in [6.45, 7) is 8.57. The maximum Gasteiger partial charge on any atom is 0.138 e. The van der Waals surface area contributed by atoms with Crippen molar-refractivity contribution in [2.75, 3.05) is 0 Å². The van der Waals surface area contributed by atoms with E-state index in [1.165, 1.54) is 6.42 Å². The molecule has 3 atom stereocenters. The van der Waals surface area contributed by atoms with Gasteiger partial charge in [-0.1, -0.05) is 20.3 Å². The van der Waals surface area contributed by atoms with E-state index in [-0.39, 0.29) is 0 Å². The Balaban J connectivity index is 2.18. The van der Waals surface area contributed by atoms with E-state index < -0.39 is 5.60 Å². The zero-order valence-electron chi connectivity index (χ0n) is 11.9. The van der Waals surface area contributed by atoms with Crippen LogP contribution in [-0.4, -0.2) is 25.5 Å². The first-order chi connectivity index (χ1) is 8.42. The van der Waals surface area contributed by atoms with Gasteiger partial charge in [0.15, 0.2) is 0 Å². The Kier molecular flexibility index (Phi) is 3.76. The molecule has 0 bridgehead atoms. The molecule has 0 radical (unpaired) electrons. The minimum absolute atomic E-state index is 0.294. The first-order valence-corrected chi connectivity index (χ1v) is 7.03. The standard InChI is InChI=1S/C14H25N3O/c1-10(2)17-13(15-9-16-17)8-14(18)7-11(3)5-6-12(14)4/h9-12,18H,5-8H2,1-4H3. The molecule has 4 heteroatoms. The smallest absolute Gasteiger partial charge is 0.138 e. The van der Waals surface area contributed by atoms with Crippen LogP contribution in [0.5, 0.6) is 0 Å². The van der Waals surface area contributed by atoms with Gasteiger partial charge in [0, 0.05) is 12.5 Å². The lowest BCUT2D eigenvalue weighted by Crippen LogP contribution is -2.44. The van der Waals surface area contributed by atoms with Gasteiger partial charge in [0.25, 0.3) is 0 Å². The van der Waals surface area contributed by atoms with Gasteiger partial charge in [0.05, 0.1) is 5.60 Å². The van der Waals surface area contributed by atoms with Crippen LogP contribution in [0.25, 0.3) is 0 Å². The van der Waals surface area contributed by atoms with Crippen LogP contribution >= 0.6 is 0 Å². The molecule has 102 valence electrons. The van der Waals surface area contributed by atoms with Crippen molar-refractivity contribution in [3.05, 3.63) is 12.2 Å². The summed E-state index contributed by atoms with van der Waals surface area (Å²) >= 11 is 0. The molecule has 1 saturated carbocycles. The largest absolute Gasteiger partial charge is 0.389 e. The van der Waals surface area contributed by atoms with Crippen molar-refractivity contribution in [2.45, 2.75) is 65.0 Å². The number of aromatic nitrogens is 3. The molecule has 1 heterocycles. The second-order valence-electron chi connectivity index (χ2n) is 6.28. The molecule has 0 amide bonds. The monoisotopic (exact) mass is 251 g/mol. The van der Waals surface area contributed by atoms with Crippen LogP contribution < -0.4 is 0 Å². The number of hydrogen-bond donors (Lipinski definition) is 1. The molecule has 3 unspecified atom stereocenters. The predicted molar refractivity (Wildman–Crippen MR) is 71.2 cm³/mol. The molecule has 0 aliphatic heterocycles. The average molecular weight is 251 g/mol. The minimum Gasteiger partial charge on any atom is -0.389 e. The predicted octanol–water partition coefficient (Wildman–Crippen LogP) is 2.59. The lowest BCUT2D eigenvalue weighted by molar-refractivity contribution is -0.0581. The normalized spacial score (nSPS) is 33.0. The molecule has 1 aliphatic rings. The average Bonchev–Trinajstić information content (AvgIpc) is 2.72. The molecule has 0 spiro atoms. The first kappa shape index (κ1) is 13.5. The van der Waals surface area contributed by atoms with E-state index in [0.29, 0.717) is 24.3 Å². The third-order valence-electron chi connectivity index (χ3n) is 4.31. The summed E-state index contributed by atoms with van der Waals surface area (Å²) in [6.07, 6.45) is 5.42. The SMILES string of the molecule is CC1CCC(C)C(O)(Cc2ncnn2C(C)C)C1. The van der Waals surface area contributed by atoms with E-state index >= 15 is 0 Å². The Labute approximate surface area is 109 Å². The fraction of sp³-hybridized carbons (Fsp3) is 0.857. The van der Waals surface area contributed by atoms with Crippen molar-refractivity contribution < 1.29 is 5.11 Å². The zero-order chi connectivity index (χ0) is 13.3. The van der Waals surface area contributed by atoms with Crippen molar-refractivity contribution in [3.8, 4) is 0 Å². The summed E-state index contributed by atoms with van der Waals surface area (Å²) < 4.78 is 1.92. The highest BCUT2D eigenvalue weighted by Gasteiger charge is 2.40. The van der Waals surface area contributed by atoms with E-state index in [1.54, 1.807) is 6.33 Å². The molecule has 1 N–H and O–H groups in total. The van der Waals surface area contributed by atoms with Crippen molar-refractivity contribution in [2.24, 2.45) is 11.8 Å². The van der Waals surface area contributed by atoms with Gasteiger partial charge >= 0.3 is 0 Å². The molecule has 1 aromatic rings. The fourth-order valence-corrected chi connectivity index (χ4v) is 3.06. The number of rotatable bonds is 3. The number of nitrogens with zero attached hydrogens (tertiary/aromatic N) is 3. The topological polar surface area (TPSA) is 50.9 Å². The molecule has 2 rings (SSSR count). The molecular formula is C14H25N3O. The van der Waals surface area contributed by atoms with Crippen LogP contribution in [0.4, 0.5) is 0 Å². The fourth-order valence-electron chi connectivity index (χ4n) is 3.06. The Hall–Kier alpha value is -0.900. The van der Waals surface area contributed by atoms with E-state index in [1.807, 2.05) is 4.68 Å². The second kappa shape index (κ2) is 5.00. The van der Waals surface area contributed by atoms with Crippen molar-refractivity contribution in [3.63, 3.8) is 0 Å². The minimum atomic E-state index is -0.614. The van der Waals surface area contributed by atoms with Crippen molar-refractivity contribution >= 4 is 0 Å². The van der Waals surface area contributed by atoms with Gasteiger partial charge in [0.1, 0.15) is 12.2 Å². The van der Waals surface area contributed by atoms with E-state index in [0.717, 1.165) is 18.7 Å².